The van der Waals surface area contributed by atoms with Gasteiger partial charge in [-0.05, 0) is 52.4 Å². The first-order valence-electron chi connectivity index (χ1n) is 7.31. The molecule has 21 heavy (non-hydrogen) atoms. The molecule has 1 heterocycles. The molecule has 0 radical (unpaired) electrons. The summed E-state index contributed by atoms with van der Waals surface area (Å²) in [4.78, 5) is 8.85. The van der Waals surface area contributed by atoms with E-state index in [9.17, 15) is 0 Å². The zero-order chi connectivity index (χ0) is 15.4. The predicted octanol–water partition coefficient (Wildman–Crippen LogP) is 5.42. The van der Waals surface area contributed by atoms with Crippen LogP contribution < -0.4 is 4.74 Å². The van der Waals surface area contributed by atoms with Gasteiger partial charge < -0.3 is 4.74 Å². The van der Waals surface area contributed by atoms with Gasteiger partial charge in [0.15, 0.2) is 0 Å². The lowest BCUT2D eigenvalue weighted by atomic mass is 10.0. The van der Waals surface area contributed by atoms with Crippen LogP contribution in [0.15, 0.2) is 28.9 Å². The Morgan fingerprint density at radius 2 is 1.95 bits per heavy atom. The maximum atomic E-state index is 6.04. The van der Waals surface area contributed by atoms with Crippen LogP contribution in [0.2, 0.25) is 0 Å². The first kappa shape index (κ1) is 16.0. The van der Waals surface area contributed by atoms with Gasteiger partial charge in [0.1, 0.15) is 16.2 Å². The number of aryl methyl sites for hydroxylation is 2. The highest BCUT2D eigenvalue weighted by Crippen LogP contribution is 2.31. The minimum Gasteiger partial charge on any atom is -0.439 e. The van der Waals surface area contributed by atoms with Gasteiger partial charge in [-0.2, -0.15) is 4.98 Å². The van der Waals surface area contributed by atoms with Crippen molar-refractivity contribution in [2.45, 2.75) is 46.5 Å². The third kappa shape index (κ3) is 4.27. The lowest BCUT2D eigenvalue weighted by Crippen LogP contribution is -2.00. The minimum absolute atomic E-state index is 0.404. The molecule has 0 atom stereocenters. The van der Waals surface area contributed by atoms with Gasteiger partial charge >= 0.3 is 0 Å². The van der Waals surface area contributed by atoms with E-state index in [1.165, 1.54) is 11.1 Å². The summed E-state index contributed by atoms with van der Waals surface area (Å²) in [5.41, 5.74) is 2.36. The highest BCUT2D eigenvalue weighted by atomic mass is 79.9. The number of nitrogens with zero attached hydrogens (tertiary/aromatic N) is 2. The van der Waals surface area contributed by atoms with Crippen LogP contribution in [0.3, 0.4) is 0 Å². The molecule has 2 aromatic rings. The Labute approximate surface area is 134 Å². The lowest BCUT2D eigenvalue weighted by molar-refractivity contribution is 0.449. The largest absolute Gasteiger partial charge is 0.439 e. The van der Waals surface area contributed by atoms with Crippen molar-refractivity contribution in [1.29, 1.82) is 0 Å². The van der Waals surface area contributed by atoms with Crippen molar-refractivity contribution in [3.05, 3.63) is 45.8 Å². The lowest BCUT2D eigenvalue weighted by Gasteiger charge is -2.14. The molecule has 0 bridgehead atoms. The zero-order valence-corrected chi connectivity index (χ0v) is 14.6. The average molecular weight is 349 g/mol. The average Bonchev–Trinajstić information content (AvgIpc) is 2.38. The summed E-state index contributed by atoms with van der Waals surface area (Å²) in [5.74, 6) is 2.67. The topological polar surface area (TPSA) is 35.0 Å². The molecule has 0 fully saturated rings. The van der Waals surface area contributed by atoms with Crippen molar-refractivity contribution >= 4 is 15.9 Å². The molecule has 0 amide bonds. The highest BCUT2D eigenvalue weighted by molar-refractivity contribution is 9.10. The normalized spacial score (nSPS) is 11.0. The van der Waals surface area contributed by atoms with E-state index >= 15 is 0 Å². The maximum absolute atomic E-state index is 6.04. The van der Waals surface area contributed by atoms with Crippen LogP contribution in [0.5, 0.6) is 11.6 Å². The molecule has 3 nitrogen and oxygen atoms in total. The Kier molecular flexibility index (Phi) is 5.34. The second-order valence-electron chi connectivity index (χ2n) is 5.49. The third-order valence-electron chi connectivity index (χ3n) is 3.20. The van der Waals surface area contributed by atoms with Gasteiger partial charge in [-0.3, -0.25) is 0 Å². The van der Waals surface area contributed by atoms with Crippen molar-refractivity contribution in [3.63, 3.8) is 0 Å². The molecule has 2 rings (SSSR count). The first-order chi connectivity index (χ1) is 9.99. The Bertz CT molecular complexity index is 626. The van der Waals surface area contributed by atoms with Crippen molar-refractivity contribution in [1.82, 2.24) is 9.97 Å². The molecule has 0 aliphatic carbocycles. The predicted molar refractivity (Wildman–Crippen MR) is 89.1 cm³/mol. The SMILES string of the molecule is CCCc1nc(Br)cc(Oc2cc(C)ccc2C(C)C)n1. The summed E-state index contributed by atoms with van der Waals surface area (Å²) in [6, 6.07) is 8.11. The Balaban J connectivity index is 2.35. The van der Waals surface area contributed by atoms with Crippen molar-refractivity contribution < 1.29 is 4.74 Å². The highest BCUT2D eigenvalue weighted by Gasteiger charge is 2.11. The summed E-state index contributed by atoms with van der Waals surface area (Å²) in [6.45, 7) is 8.50. The van der Waals surface area contributed by atoms with E-state index in [4.69, 9.17) is 4.74 Å². The Morgan fingerprint density at radius 1 is 1.19 bits per heavy atom. The van der Waals surface area contributed by atoms with Gasteiger partial charge in [-0.25, -0.2) is 4.98 Å². The summed E-state index contributed by atoms with van der Waals surface area (Å²) < 4.78 is 6.80. The van der Waals surface area contributed by atoms with E-state index in [-0.39, 0.29) is 0 Å². The van der Waals surface area contributed by atoms with Gasteiger partial charge in [0.2, 0.25) is 5.88 Å². The van der Waals surface area contributed by atoms with Gasteiger partial charge in [0.25, 0.3) is 0 Å². The van der Waals surface area contributed by atoms with Crippen LogP contribution in [-0.2, 0) is 6.42 Å². The van der Waals surface area contributed by atoms with E-state index in [1.54, 1.807) is 0 Å². The fourth-order valence-corrected chi connectivity index (χ4v) is 2.55. The van der Waals surface area contributed by atoms with Gasteiger partial charge in [0, 0.05) is 12.5 Å². The number of hydrogen-bond acceptors (Lipinski definition) is 3. The van der Waals surface area contributed by atoms with E-state index in [2.05, 4.69) is 71.8 Å². The van der Waals surface area contributed by atoms with Gasteiger partial charge in [0.05, 0.1) is 0 Å². The fraction of sp³-hybridized carbons (Fsp3) is 0.412. The van der Waals surface area contributed by atoms with Crippen LogP contribution >= 0.6 is 15.9 Å². The number of benzene rings is 1. The minimum atomic E-state index is 0.404. The van der Waals surface area contributed by atoms with Crippen LogP contribution in [0, 0.1) is 6.92 Å². The zero-order valence-electron chi connectivity index (χ0n) is 13.0. The number of rotatable bonds is 5. The van der Waals surface area contributed by atoms with E-state index in [1.807, 2.05) is 6.07 Å². The molecule has 1 aromatic heterocycles. The first-order valence-corrected chi connectivity index (χ1v) is 8.10. The molecule has 112 valence electrons. The van der Waals surface area contributed by atoms with E-state index in [0.29, 0.717) is 11.8 Å². The smallest absolute Gasteiger partial charge is 0.223 e. The van der Waals surface area contributed by atoms with Gasteiger partial charge in [-0.15, -0.1) is 0 Å². The number of hydrogen-bond donors (Lipinski definition) is 0. The monoisotopic (exact) mass is 348 g/mol. The van der Waals surface area contributed by atoms with E-state index < -0.39 is 0 Å². The number of aromatic nitrogens is 2. The quantitative estimate of drug-likeness (QED) is 0.677. The van der Waals surface area contributed by atoms with Crippen molar-refractivity contribution in [3.8, 4) is 11.6 Å². The Morgan fingerprint density at radius 3 is 2.62 bits per heavy atom. The maximum Gasteiger partial charge on any atom is 0.223 e. The third-order valence-corrected chi connectivity index (χ3v) is 3.60. The van der Waals surface area contributed by atoms with Crippen LogP contribution in [0.25, 0.3) is 0 Å². The molecular formula is C17H21BrN2O. The van der Waals surface area contributed by atoms with Crippen LogP contribution in [0.1, 0.15) is 50.1 Å². The fourth-order valence-electron chi connectivity index (χ4n) is 2.15. The molecule has 0 spiro atoms. The van der Waals surface area contributed by atoms with Gasteiger partial charge in [-0.1, -0.05) is 32.9 Å². The molecule has 0 aliphatic rings. The molecule has 1 aromatic carbocycles. The van der Waals surface area contributed by atoms with E-state index in [0.717, 1.165) is 29.0 Å². The molecule has 0 unspecified atom stereocenters. The number of ether oxygens (including phenoxy) is 1. The summed E-state index contributed by atoms with van der Waals surface area (Å²) >= 11 is 3.43. The molecule has 0 aliphatic heterocycles. The molecular weight excluding hydrogens is 328 g/mol. The molecule has 0 saturated carbocycles. The second-order valence-corrected chi connectivity index (χ2v) is 6.31. The molecule has 4 heteroatoms. The van der Waals surface area contributed by atoms with Crippen LogP contribution in [-0.4, -0.2) is 9.97 Å². The molecule has 0 saturated heterocycles. The summed E-state index contributed by atoms with van der Waals surface area (Å²) in [6.07, 6.45) is 1.86. The number of halogens is 1. The van der Waals surface area contributed by atoms with Crippen molar-refractivity contribution in [2.24, 2.45) is 0 Å². The summed E-state index contributed by atoms with van der Waals surface area (Å²) in [5, 5.41) is 0. The Hall–Kier alpha value is -1.42. The second kappa shape index (κ2) is 7.03. The van der Waals surface area contributed by atoms with Crippen molar-refractivity contribution in [2.75, 3.05) is 0 Å². The molecule has 0 N–H and O–H groups in total. The standard InChI is InChI=1S/C17H21BrN2O/c1-5-6-16-19-15(18)10-17(20-16)21-14-9-12(4)7-8-13(14)11(2)3/h7-11H,5-6H2,1-4H3. The summed E-state index contributed by atoms with van der Waals surface area (Å²) in [7, 11) is 0. The van der Waals surface area contributed by atoms with Crippen LogP contribution in [0.4, 0.5) is 0 Å².